The second kappa shape index (κ2) is 8.92. The molecule has 138 valence electrons. The number of ether oxygens (including phenoxy) is 1. The normalized spacial score (nSPS) is 15.2. The number of aromatic nitrogens is 1. The van der Waals surface area contributed by atoms with Gasteiger partial charge in [0.1, 0.15) is 0 Å². The van der Waals surface area contributed by atoms with Gasteiger partial charge in [-0.1, -0.05) is 30.3 Å². The first-order valence-electron chi connectivity index (χ1n) is 9.31. The highest BCUT2D eigenvalue weighted by molar-refractivity contribution is 6.01. The largest absolute Gasteiger partial charge is 0.380 e. The van der Waals surface area contributed by atoms with Crippen LogP contribution in [0, 0.1) is 6.92 Å². The van der Waals surface area contributed by atoms with Crippen LogP contribution in [0.3, 0.4) is 0 Å². The molecule has 0 saturated carbocycles. The Bertz CT molecular complexity index is 725. The van der Waals surface area contributed by atoms with Gasteiger partial charge in [-0.15, -0.1) is 0 Å². The fourth-order valence-electron chi connectivity index (χ4n) is 3.37. The molecule has 0 aliphatic carbocycles. The van der Waals surface area contributed by atoms with Crippen LogP contribution in [0.2, 0.25) is 0 Å². The molecule has 1 aliphatic heterocycles. The molecular weight excluding hydrogens is 326 g/mol. The summed E-state index contributed by atoms with van der Waals surface area (Å²) in [5.41, 5.74) is 3.52. The summed E-state index contributed by atoms with van der Waals surface area (Å²) in [6.07, 6.45) is 1.78. The number of aryl methyl sites for hydroxylation is 1. The smallest absolute Gasteiger partial charge is 0.256 e. The molecule has 0 bridgehead atoms. The Hall–Kier alpha value is -2.24. The topological polar surface area (TPSA) is 45.7 Å². The van der Waals surface area contributed by atoms with E-state index < -0.39 is 0 Å². The SMILES string of the molecule is CCOCCN1CCN(C(=O)c2c(-c3ccccc3)ccnc2C)CC1. The highest BCUT2D eigenvalue weighted by atomic mass is 16.5. The molecule has 1 saturated heterocycles. The monoisotopic (exact) mass is 353 g/mol. The van der Waals surface area contributed by atoms with Crippen molar-refractivity contribution >= 4 is 5.91 Å². The summed E-state index contributed by atoms with van der Waals surface area (Å²) < 4.78 is 5.43. The number of amides is 1. The lowest BCUT2D eigenvalue weighted by Gasteiger charge is -2.35. The van der Waals surface area contributed by atoms with Crippen molar-refractivity contribution in [2.45, 2.75) is 13.8 Å². The number of carbonyl (C=O) groups is 1. The first-order chi connectivity index (χ1) is 12.7. The van der Waals surface area contributed by atoms with Crippen molar-refractivity contribution in [3.8, 4) is 11.1 Å². The third-order valence-electron chi connectivity index (χ3n) is 4.85. The van der Waals surface area contributed by atoms with Gasteiger partial charge in [0.2, 0.25) is 0 Å². The molecule has 3 rings (SSSR count). The molecule has 2 heterocycles. The van der Waals surface area contributed by atoms with Gasteiger partial charge in [0.25, 0.3) is 5.91 Å². The first-order valence-corrected chi connectivity index (χ1v) is 9.31. The summed E-state index contributed by atoms with van der Waals surface area (Å²) in [5, 5.41) is 0. The molecule has 1 aliphatic rings. The third kappa shape index (κ3) is 4.29. The quantitative estimate of drug-likeness (QED) is 0.749. The van der Waals surface area contributed by atoms with Gasteiger partial charge in [0.05, 0.1) is 17.9 Å². The molecule has 0 radical (unpaired) electrons. The minimum Gasteiger partial charge on any atom is -0.380 e. The first kappa shape index (κ1) is 18.5. The second-order valence-corrected chi connectivity index (χ2v) is 6.52. The van der Waals surface area contributed by atoms with Crippen LogP contribution in [0.4, 0.5) is 0 Å². The molecule has 1 fully saturated rings. The van der Waals surface area contributed by atoms with Crippen LogP contribution in [0.1, 0.15) is 23.0 Å². The minimum atomic E-state index is 0.0823. The Morgan fingerprint density at radius 3 is 2.54 bits per heavy atom. The number of pyridine rings is 1. The zero-order valence-corrected chi connectivity index (χ0v) is 15.6. The number of rotatable bonds is 6. The van der Waals surface area contributed by atoms with Crippen LogP contribution >= 0.6 is 0 Å². The van der Waals surface area contributed by atoms with Gasteiger partial charge in [-0.3, -0.25) is 14.7 Å². The molecule has 0 atom stereocenters. The molecule has 0 N–H and O–H groups in total. The maximum Gasteiger partial charge on any atom is 0.256 e. The van der Waals surface area contributed by atoms with E-state index in [1.54, 1.807) is 6.20 Å². The minimum absolute atomic E-state index is 0.0823. The van der Waals surface area contributed by atoms with Crippen molar-refractivity contribution in [2.75, 3.05) is 45.9 Å². The maximum absolute atomic E-state index is 13.2. The van der Waals surface area contributed by atoms with E-state index in [0.717, 1.165) is 68.3 Å². The lowest BCUT2D eigenvalue weighted by Crippen LogP contribution is -2.49. The predicted molar refractivity (Wildman–Crippen MR) is 103 cm³/mol. The van der Waals surface area contributed by atoms with Gasteiger partial charge in [-0.25, -0.2) is 0 Å². The Balaban J connectivity index is 1.73. The average Bonchev–Trinajstić information content (AvgIpc) is 2.69. The van der Waals surface area contributed by atoms with Crippen LogP contribution in [-0.4, -0.2) is 66.6 Å². The zero-order chi connectivity index (χ0) is 18.4. The van der Waals surface area contributed by atoms with E-state index >= 15 is 0 Å². The average molecular weight is 353 g/mol. The molecule has 0 spiro atoms. The summed E-state index contributed by atoms with van der Waals surface area (Å²) in [5.74, 6) is 0.0823. The van der Waals surface area contributed by atoms with Gasteiger partial charge in [0, 0.05) is 45.5 Å². The Kier molecular flexibility index (Phi) is 6.36. The standard InChI is InChI=1S/C21H27N3O2/c1-3-26-16-15-23-11-13-24(14-12-23)21(25)20-17(2)22-10-9-19(20)18-7-5-4-6-8-18/h4-10H,3,11-16H2,1-2H3. The molecule has 0 unspecified atom stereocenters. The van der Waals surface area contributed by atoms with Crippen molar-refractivity contribution in [1.29, 1.82) is 0 Å². The molecule has 1 amide bonds. The lowest BCUT2D eigenvalue weighted by atomic mass is 9.98. The van der Waals surface area contributed by atoms with Crippen LogP contribution < -0.4 is 0 Å². The highest BCUT2D eigenvalue weighted by Gasteiger charge is 2.25. The number of benzene rings is 1. The summed E-state index contributed by atoms with van der Waals surface area (Å²) in [7, 11) is 0. The fourth-order valence-corrected chi connectivity index (χ4v) is 3.37. The lowest BCUT2D eigenvalue weighted by molar-refractivity contribution is 0.0564. The number of piperazine rings is 1. The van der Waals surface area contributed by atoms with Crippen LogP contribution in [0.5, 0.6) is 0 Å². The van der Waals surface area contributed by atoms with E-state index in [2.05, 4.69) is 9.88 Å². The Morgan fingerprint density at radius 2 is 1.85 bits per heavy atom. The van der Waals surface area contributed by atoms with Crippen molar-refractivity contribution in [2.24, 2.45) is 0 Å². The highest BCUT2D eigenvalue weighted by Crippen LogP contribution is 2.26. The summed E-state index contributed by atoms with van der Waals surface area (Å²) in [6.45, 7) is 9.62. The van der Waals surface area contributed by atoms with Gasteiger partial charge in [0.15, 0.2) is 0 Å². The van der Waals surface area contributed by atoms with Gasteiger partial charge in [-0.2, -0.15) is 0 Å². The zero-order valence-electron chi connectivity index (χ0n) is 15.6. The van der Waals surface area contributed by atoms with Gasteiger partial charge in [-0.05, 0) is 31.0 Å². The van der Waals surface area contributed by atoms with E-state index in [4.69, 9.17) is 4.74 Å². The second-order valence-electron chi connectivity index (χ2n) is 6.52. The number of hydrogen-bond acceptors (Lipinski definition) is 4. The molecule has 5 heteroatoms. The van der Waals surface area contributed by atoms with Gasteiger partial charge < -0.3 is 9.64 Å². The molecule has 1 aromatic heterocycles. The summed E-state index contributed by atoms with van der Waals surface area (Å²) >= 11 is 0. The van der Waals surface area contributed by atoms with Crippen molar-refractivity contribution in [3.05, 3.63) is 53.9 Å². The summed E-state index contributed by atoms with van der Waals surface area (Å²) in [4.78, 5) is 21.9. The van der Waals surface area contributed by atoms with E-state index in [1.165, 1.54) is 0 Å². The van der Waals surface area contributed by atoms with Gasteiger partial charge >= 0.3 is 0 Å². The third-order valence-corrected chi connectivity index (χ3v) is 4.85. The van der Waals surface area contributed by atoms with Crippen molar-refractivity contribution < 1.29 is 9.53 Å². The predicted octanol–water partition coefficient (Wildman–Crippen LogP) is 2.85. The Labute approximate surface area is 155 Å². The fraction of sp³-hybridized carbons (Fsp3) is 0.429. The number of hydrogen-bond donors (Lipinski definition) is 0. The van der Waals surface area contributed by atoms with Crippen LogP contribution in [-0.2, 0) is 4.74 Å². The van der Waals surface area contributed by atoms with E-state index in [9.17, 15) is 4.79 Å². The van der Waals surface area contributed by atoms with E-state index in [-0.39, 0.29) is 5.91 Å². The van der Waals surface area contributed by atoms with E-state index in [0.29, 0.717) is 0 Å². The number of carbonyl (C=O) groups excluding carboxylic acids is 1. The van der Waals surface area contributed by atoms with Crippen molar-refractivity contribution in [1.82, 2.24) is 14.8 Å². The molecule has 5 nitrogen and oxygen atoms in total. The molecule has 1 aromatic carbocycles. The number of nitrogens with zero attached hydrogens (tertiary/aromatic N) is 3. The summed E-state index contributed by atoms with van der Waals surface area (Å²) in [6, 6.07) is 12.0. The Morgan fingerprint density at radius 1 is 1.12 bits per heavy atom. The molecule has 26 heavy (non-hydrogen) atoms. The molecule has 2 aromatic rings. The molecular formula is C21H27N3O2. The maximum atomic E-state index is 13.2. The van der Waals surface area contributed by atoms with Crippen LogP contribution in [0.25, 0.3) is 11.1 Å². The van der Waals surface area contributed by atoms with Crippen molar-refractivity contribution in [3.63, 3.8) is 0 Å². The van der Waals surface area contributed by atoms with Crippen LogP contribution in [0.15, 0.2) is 42.6 Å². The van der Waals surface area contributed by atoms with E-state index in [1.807, 2.05) is 55.1 Å².